The molecule has 5 heteroatoms. The normalized spacial score (nSPS) is 15.6. The zero-order valence-corrected chi connectivity index (χ0v) is 12.5. The Labute approximate surface area is 124 Å². The topological polar surface area (TPSA) is 55.8 Å². The Hall–Kier alpha value is -2.04. The fourth-order valence-electron chi connectivity index (χ4n) is 2.37. The molecule has 0 aromatic heterocycles. The number of amides is 1. The highest BCUT2D eigenvalue weighted by atomic mass is 16.5. The summed E-state index contributed by atoms with van der Waals surface area (Å²) in [6.07, 6.45) is 2.83. The van der Waals surface area contributed by atoms with Crippen molar-refractivity contribution in [2.45, 2.75) is 19.8 Å². The van der Waals surface area contributed by atoms with Gasteiger partial charge in [0.15, 0.2) is 18.1 Å². The van der Waals surface area contributed by atoms with Crippen molar-refractivity contribution in [1.29, 1.82) is 0 Å². The van der Waals surface area contributed by atoms with E-state index in [4.69, 9.17) is 9.47 Å². The van der Waals surface area contributed by atoms with E-state index in [9.17, 15) is 9.59 Å². The Bertz CT molecular complexity index is 507. The Morgan fingerprint density at radius 1 is 1.33 bits per heavy atom. The maximum atomic E-state index is 12.1. The first-order chi connectivity index (χ1) is 10.1. The Morgan fingerprint density at radius 2 is 2.05 bits per heavy atom. The molecule has 0 radical (unpaired) electrons. The average Bonchev–Trinajstić information content (AvgIpc) is 2.53. The number of likely N-dealkylation sites (tertiary alicyclic amines) is 1. The summed E-state index contributed by atoms with van der Waals surface area (Å²) in [4.78, 5) is 24.7. The van der Waals surface area contributed by atoms with E-state index in [1.807, 2.05) is 4.90 Å². The highest BCUT2D eigenvalue weighted by molar-refractivity contribution is 5.78. The van der Waals surface area contributed by atoms with Gasteiger partial charge in [0.25, 0.3) is 5.91 Å². The maximum absolute atomic E-state index is 12.1. The number of carbonyl (C=O) groups excluding carboxylic acids is 2. The van der Waals surface area contributed by atoms with Crippen LogP contribution in [-0.2, 0) is 4.79 Å². The van der Waals surface area contributed by atoms with Crippen LogP contribution in [0.15, 0.2) is 18.2 Å². The molecule has 1 aromatic rings. The molecule has 21 heavy (non-hydrogen) atoms. The third-order valence-corrected chi connectivity index (χ3v) is 3.81. The van der Waals surface area contributed by atoms with Crippen LogP contribution >= 0.6 is 0 Å². The lowest BCUT2D eigenvalue weighted by atomic mass is 9.99. The van der Waals surface area contributed by atoms with E-state index in [-0.39, 0.29) is 12.5 Å². The molecular formula is C16H21NO4. The van der Waals surface area contributed by atoms with Crippen molar-refractivity contribution < 1.29 is 19.1 Å². The van der Waals surface area contributed by atoms with E-state index in [1.54, 1.807) is 18.2 Å². The summed E-state index contributed by atoms with van der Waals surface area (Å²) in [5.74, 6) is 1.61. The van der Waals surface area contributed by atoms with E-state index in [2.05, 4.69) is 6.92 Å². The molecule has 0 N–H and O–H groups in total. The summed E-state index contributed by atoms with van der Waals surface area (Å²) >= 11 is 0. The van der Waals surface area contributed by atoms with Crippen LogP contribution in [0, 0.1) is 5.92 Å². The molecule has 0 bridgehead atoms. The average molecular weight is 291 g/mol. The molecule has 114 valence electrons. The number of piperidine rings is 1. The van der Waals surface area contributed by atoms with Crippen LogP contribution in [0.5, 0.6) is 11.5 Å². The van der Waals surface area contributed by atoms with Gasteiger partial charge in [-0.25, -0.2) is 0 Å². The van der Waals surface area contributed by atoms with Crippen molar-refractivity contribution in [1.82, 2.24) is 4.90 Å². The zero-order chi connectivity index (χ0) is 15.2. The van der Waals surface area contributed by atoms with Crippen LogP contribution in [0.25, 0.3) is 0 Å². The molecule has 5 nitrogen and oxygen atoms in total. The number of carbonyl (C=O) groups is 2. The number of benzene rings is 1. The van der Waals surface area contributed by atoms with Gasteiger partial charge >= 0.3 is 0 Å². The molecule has 1 heterocycles. The Kier molecular flexibility index (Phi) is 5.20. The lowest BCUT2D eigenvalue weighted by Crippen LogP contribution is -2.40. The minimum atomic E-state index is -0.0107. The van der Waals surface area contributed by atoms with Crippen LogP contribution in [0.3, 0.4) is 0 Å². The van der Waals surface area contributed by atoms with Crippen molar-refractivity contribution >= 4 is 12.2 Å². The quantitative estimate of drug-likeness (QED) is 0.780. The number of methoxy groups -OCH3 is 1. The van der Waals surface area contributed by atoms with E-state index in [0.29, 0.717) is 23.0 Å². The number of nitrogens with zero attached hydrogens (tertiary/aromatic N) is 1. The standard InChI is InChI=1S/C16H21NO4/c1-12-5-7-17(8-6-12)16(19)11-21-14-4-3-13(10-18)9-15(14)20-2/h3-4,9-10,12H,5-8,11H2,1-2H3. The molecule has 0 atom stereocenters. The van der Waals surface area contributed by atoms with Crippen molar-refractivity contribution in [2.24, 2.45) is 5.92 Å². The monoisotopic (exact) mass is 291 g/mol. The first kappa shape index (κ1) is 15.4. The molecule has 0 spiro atoms. The van der Waals surface area contributed by atoms with E-state index < -0.39 is 0 Å². The Balaban J connectivity index is 1.93. The molecule has 1 fully saturated rings. The van der Waals surface area contributed by atoms with E-state index >= 15 is 0 Å². The van der Waals surface area contributed by atoms with Gasteiger partial charge in [0.2, 0.25) is 0 Å². The fourth-order valence-corrected chi connectivity index (χ4v) is 2.37. The van der Waals surface area contributed by atoms with Crippen molar-refractivity contribution in [3.05, 3.63) is 23.8 Å². The van der Waals surface area contributed by atoms with Gasteiger partial charge in [0.05, 0.1) is 7.11 Å². The van der Waals surface area contributed by atoms with Crippen LogP contribution in [0.1, 0.15) is 30.1 Å². The van der Waals surface area contributed by atoms with Crippen LogP contribution in [0.4, 0.5) is 0 Å². The highest BCUT2D eigenvalue weighted by Gasteiger charge is 2.20. The van der Waals surface area contributed by atoms with Crippen molar-refractivity contribution in [3.8, 4) is 11.5 Å². The lowest BCUT2D eigenvalue weighted by molar-refractivity contribution is -0.134. The van der Waals surface area contributed by atoms with Gasteiger partial charge < -0.3 is 14.4 Å². The molecule has 1 saturated heterocycles. The van der Waals surface area contributed by atoms with Gasteiger partial charge in [-0.05, 0) is 37.0 Å². The third kappa shape index (κ3) is 3.97. The molecule has 2 rings (SSSR count). The van der Waals surface area contributed by atoms with Gasteiger partial charge in [-0.1, -0.05) is 6.92 Å². The number of ether oxygens (including phenoxy) is 2. The molecule has 0 saturated carbocycles. The zero-order valence-electron chi connectivity index (χ0n) is 12.5. The van der Waals surface area contributed by atoms with Gasteiger partial charge in [-0.3, -0.25) is 9.59 Å². The number of hydrogen-bond donors (Lipinski definition) is 0. The second-order valence-electron chi connectivity index (χ2n) is 5.38. The fraction of sp³-hybridized carbons (Fsp3) is 0.500. The second kappa shape index (κ2) is 7.11. The first-order valence-corrected chi connectivity index (χ1v) is 7.18. The predicted octanol–water partition coefficient (Wildman–Crippen LogP) is 2.14. The summed E-state index contributed by atoms with van der Waals surface area (Å²) in [5, 5.41) is 0. The van der Waals surface area contributed by atoms with Gasteiger partial charge in [-0.2, -0.15) is 0 Å². The summed E-state index contributed by atoms with van der Waals surface area (Å²) in [6.45, 7) is 3.79. The summed E-state index contributed by atoms with van der Waals surface area (Å²) in [5.41, 5.74) is 0.510. The summed E-state index contributed by atoms with van der Waals surface area (Å²) < 4.78 is 10.7. The maximum Gasteiger partial charge on any atom is 0.260 e. The minimum absolute atomic E-state index is 0.00875. The van der Waals surface area contributed by atoms with Crippen LogP contribution in [-0.4, -0.2) is 43.9 Å². The van der Waals surface area contributed by atoms with Crippen LogP contribution in [0.2, 0.25) is 0 Å². The minimum Gasteiger partial charge on any atom is -0.493 e. The largest absolute Gasteiger partial charge is 0.493 e. The van der Waals surface area contributed by atoms with Gasteiger partial charge in [-0.15, -0.1) is 0 Å². The van der Waals surface area contributed by atoms with Crippen molar-refractivity contribution in [2.75, 3.05) is 26.8 Å². The van der Waals surface area contributed by atoms with Gasteiger partial charge in [0, 0.05) is 18.7 Å². The molecular weight excluding hydrogens is 270 g/mol. The van der Waals surface area contributed by atoms with Crippen molar-refractivity contribution in [3.63, 3.8) is 0 Å². The predicted molar refractivity (Wildman–Crippen MR) is 78.9 cm³/mol. The number of rotatable bonds is 5. The SMILES string of the molecule is COc1cc(C=O)ccc1OCC(=O)N1CCC(C)CC1. The van der Waals surface area contributed by atoms with Gasteiger partial charge in [0.1, 0.15) is 6.29 Å². The van der Waals surface area contributed by atoms with E-state index in [1.165, 1.54) is 7.11 Å². The lowest BCUT2D eigenvalue weighted by Gasteiger charge is -2.30. The molecule has 1 amide bonds. The molecule has 1 aromatic carbocycles. The Morgan fingerprint density at radius 3 is 2.67 bits per heavy atom. The summed E-state index contributed by atoms with van der Waals surface area (Å²) in [7, 11) is 1.50. The molecule has 1 aliphatic heterocycles. The van der Waals surface area contributed by atoms with Crippen LogP contribution < -0.4 is 9.47 Å². The molecule has 1 aliphatic rings. The van der Waals surface area contributed by atoms with E-state index in [0.717, 1.165) is 32.2 Å². The molecule has 0 aliphatic carbocycles. The number of aldehydes is 1. The highest BCUT2D eigenvalue weighted by Crippen LogP contribution is 2.27. The number of hydrogen-bond acceptors (Lipinski definition) is 4. The molecule has 0 unspecified atom stereocenters. The smallest absolute Gasteiger partial charge is 0.260 e. The summed E-state index contributed by atoms with van der Waals surface area (Å²) in [6, 6.07) is 4.88. The first-order valence-electron chi connectivity index (χ1n) is 7.18. The second-order valence-corrected chi connectivity index (χ2v) is 5.38. The third-order valence-electron chi connectivity index (χ3n) is 3.81.